The normalized spacial score (nSPS) is 27.9. The van der Waals surface area contributed by atoms with Gasteiger partial charge >= 0.3 is 6.03 Å². The fourth-order valence-electron chi connectivity index (χ4n) is 3.58. The summed E-state index contributed by atoms with van der Waals surface area (Å²) in [5, 5.41) is 0. The van der Waals surface area contributed by atoms with Gasteiger partial charge in [-0.3, -0.25) is 4.90 Å². The molecule has 1 heterocycles. The lowest BCUT2D eigenvalue weighted by molar-refractivity contribution is 0.185. The Morgan fingerprint density at radius 1 is 1.24 bits per heavy atom. The van der Waals surface area contributed by atoms with Crippen LogP contribution in [0, 0.1) is 18.8 Å². The molecular formula is C18H24N2O. The standard InChI is InChI=1S/C18H24N2O/c1-12(2)11-19-17-14(4)8-9-16(17)20(18(19)21)15-7-5-6-13(3)10-15/h5-10,12,14,16-17H,11H2,1-4H3/t14-,16-,17+/m1/s1. The highest BCUT2D eigenvalue weighted by molar-refractivity contribution is 5.96. The lowest BCUT2D eigenvalue weighted by atomic mass is 10.0. The second-order valence-electron chi connectivity index (χ2n) is 6.76. The molecule has 21 heavy (non-hydrogen) atoms. The van der Waals surface area contributed by atoms with Crippen LogP contribution in [-0.4, -0.2) is 29.6 Å². The maximum Gasteiger partial charge on any atom is 0.325 e. The van der Waals surface area contributed by atoms with Crippen LogP contribution in [0.5, 0.6) is 0 Å². The Morgan fingerprint density at radius 3 is 2.67 bits per heavy atom. The molecule has 3 nitrogen and oxygen atoms in total. The zero-order chi connectivity index (χ0) is 15.1. The van der Waals surface area contributed by atoms with E-state index in [2.05, 4.69) is 56.9 Å². The van der Waals surface area contributed by atoms with E-state index in [1.54, 1.807) is 0 Å². The average molecular weight is 284 g/mol. The van der Waals surface area contributed by atoms with E-state index in [1.807, 2.05) is 17.0 Å². The smallest absolute Gasteiger partial charge is 0.318 e. The van der Waals surface area contributed by atoms with Gasteiger partial charge in [-0.05, 0) is 36.5 Å². The van der Waals surface area contributed by atoms with Crippen molar-refractivity contribution in [3.8, 4) is 0 Å². The zero-order valence-corrected chi connectivity index (χ0v) is 13.3. The number of hydrogen-bond acceptors (Lipinski definition) is 1. The van der Waals surface area contributed by atoms with Crippen molar-refractivity contribution in [2.24, 2.45) is 11.8 Å². The van der Waals surface area contributed by atoms with Crippen LogP contribution in [0.1, 0.15) is 26.3 Å². The summed E-state index contributed by atoms with van der Waals surface area (Å²) in [4.78, 5) is 17.0. The third kappa shape index (κ3) is 2.35. The van der Waals surface area contributed by atoms with Crippen LogP contribution in [0.2, 0.25) is 0 Å². The Balaban J connectivity index is 1.98. The number of urea groups is 1. The van der Waals surface area contributed by atoms with E-state index < -0.39 is 0 Å². The van der Waals surface area contributed by atoms with Crippen molar-refractivity contribution < 1.29 is 4.79 Å². The molecule has 3 heteroatoms. The monoisotopic (exact) mass is 284 g/mol. The minimum atomic E-state index is 0.153. The Bertz CT molecular complexity index is 578. The molecule has 1 aliphatic heterocycles. The molecule has 0 aromatic heterocycles. The molecule has 1 aromatic rings. The fraction of sp³-hybridized carbons (Fsp3) is 0.500. The van der Waals surface area contributed by atoms with Crippen LogP contribution in [0.15, 0.2) is 36.4 Å². The van der Waals surface area contributed by atoms with Crippen LogP contribution in [-0.2, 0) is 0 Å². The Hall–Kier alpha value is -1.77. The summed E-state index contributed by atoms with van der Waals surface area (Å²) >= 11 is 0. The summed E-state index contributed by atoms with van der Waals surface area (Å²) in [5.74, 6) is 0.910. The number of benzene rings is 1. The summed E-state index contributed by atoms with van der Waals surface area (Å²) in [6.07, 6.45) is 4.45. The van der Waals surface area contributed by atoms with Crippen molar-refractivity contribution in [3.63, 3.8) is 0 Å². The van der Waals surface area contributed by atoms with Gasteiger partial charge in [-0.15, -0.1) is 0 Å². The molecule has 0 saturated carbocycles. The van der Waals surface area contributed by atoms with E-state index in [4.69, 9.17) is 0 Å². The Kier molecular flexibility index (Phi) is 3.52. The fourth-order valence-corrected chi connectivity index (χ4v) is 3.58. The maximum absolute atomic E-state index is 12.9. The summed E-state index contributed by atoms with van der Waals surface area (Å²) in [7, 11) is 0. The van der Waals surface area contributed by atoms with Gasteiger partial charge in [0.25, 0.3) is 0 Å². The number of nitrogens with zero attached hydrogens (tertiary/aromatic N) is 2. The summed E-state index contributed by atoms with van der Waals surface area (Å²) in [5.41, 5.74) is 2.20. The first kappa shape index (κ1) is 14.2. The van der Waals surface area contributed by atoms with E-state index in [0.29, 0.717) is 11.8 Å². The van der Waals surface area contributed by atoms with Gasteiger partial charge in [0.1, 0.15) is 0 Å². The van der Waals surface area contributed by atoms with E-state index in [-0.39, 0.29) is 18.1 Å². The highest BCUT2D eigenvalue weighted by Gasteiger charge is 2.49. The first-order valence-corrected chi connectivity index (χ1v) is 7.84. The molecule has 0 unspecified atom stereocenters. The van der Waals surface area contributed by atoms with Gasteiger partial charge in [0.05, 0.1) is 12.1 Å². The quantitative estimate of drug-likeness (QED) is 0.774. The van der Waals surface area contributed by atoms with E-state index in [9.17, 15) is 4.79 Å². The molecule has 1 saturated heterocycles. The lowest BCUT2D eigenvalue weighted by Gasteiger charge is -2.27. The van der Waals surface area contributed by atoms with Gasteiger partial charge < -0.3 is 4.90 Å². The third-order valence-electron chi connectivity index (χ3n) is 4.45. The van der Waals surface area contributed by atoms with Crippen LogP contribution < -0.4 is 4.90 Å². The second kappa shape index (κ2) is 5.21. The number of fused-ring (bicyclic) bond motifs is 1. The topological polar surface area (TPSA) is 23.6 Å². The van der Waals surface area contributed by atoms with Gasteiger partial charge in [0, 0.05) is 12.2 Å². The van der Waals surface area contributed by atoms with Crippen molar-refractivity contribution in [1.29, 1.82) is 0 Å². The van der Waals surface area contributed by atoms with Crippen LogP contribution in [0.4, 0.5) is 10.5 Å². The molecule has 112 valence electrons. The van der Waals surface area contributed by atoms with Gasteiger partial charge in [-0.25, -0.2) is 4.79 Å². The molecule has 1 aliphatic carbocycles. The highest BCUT2D eigenvalue weighted by Crippen LogP contribution is 2.38. The van der Waals surface area contributed by atoms with Crippen molar-refractivity contribution in [1.82, 2.24) is 4.90 Å². The first-order chi connectivity index (χ1) is 9.99. The molecule has 2 amide bonds. The molecule has 3 rings (SSSR count). The molecule has 0 N–H and O–H groups in total. The van der Waals surface area contributed by atoms with E-state index in [1.165, 1.54) is 5.56 Å². The number of carbonyl (C=O) groups excluding carboxylic acids is 1. The van der Waals surface area contributed by atoms with Crippen molar-refractivity contribution in [3.05, 3.63) is 42.0 Å². The van der Waals surface area contributed by atoms with E-state index in [0.717, 1.165) is 12.2 Å². The molecular weight excluding hydrogens is 260 g/mol. The molecule has 3 atom stereocenters. The number of rotatable bonds is 3. The zero-order valence-electron chi connectivity index (χ0n) is 13.3. The third-order valence-corrected chi connectivity index (χ3v) is 4.45. The molecule has 1 fully saturated rings. The van der Waals surface area contributed by atoms with E-state index >= 15 is 0 Å². The number of aryl methyl sites for hydroxylation is 1. The number of hydrogen-bond donors (Lipinski definition) is 0. The first-order valence-electron chi connectivity index (χ1n) is 7.84. The minimum Gasteiger partial charge on any atom is -0.318 e. The molecule has 0 spiro atoms. The van der Waals surface area contributed by atoms with Crippen LogP contribution in [0.25, 0.3) is 0 Å². The largest absolute Gasteiger partial charge is 0.325 e. The predicted molar refractivity (Wildman–Crippen MR) is 86.5 cm³/mol. The number of anilines is 1. The van der Waals surface area contributed by atoms with Crippen molar-refractivity contribution >= 4 is 11.7 Å². The summed E-state index contributed by atoms with van der Waals surface area (Å²) < 4.78 is 0. The second-order valence-corrected chi connectivity index (χ2v) is 6.76. The van der Waals surface area contributed by atoms with Crippen molar-refractivity contribution in [2.75, 3.05) is 11.4 Å². The summed E-state index contributed by atoms with van der Waals surface area (Å²) in [6.45, 7) is 9.45. The van der Waals surface area contributed by atoms with Gasteiger partial charge in [-0.2, -0.15) is 0 Å². The van der Waals surface area contributed by atoms with Gasteiger partial charge in [0.2, 0.25) is 0 Å². The van der Waals surface area contributed by atoms with Crippen LogP contribution >= 0.6 is 0 Å². The summed E-state index contributed by atoms with van der Waals surface area (Å²) in [6, 6.07) is 8.84. The molecule has 1 aromatic carbocycles. The number of amides is 2. The van der Waals surface area contributed by atoms with Crippen molar-refractivity contribution in [2.45, 2.75) is 39.8 Å². The molecule has 0 radical (unpaired) electrons. The minimum absolute atomic E-state index is 0.153. The molecule has 2 aliphatic rings. The SMILES string of the molecule is Cc1cccc(N2C(=O)N(CC(C)C)[C@H]3[C@H](C)C=C[C@H]32)c1. The molecule has 0 bridgehead atoms. The van der Waals surface area contributed by atoms with Gasteiger partial charge in [-0.1, -0.05) is 45.1 Å². The Morgan fingerprint density at radius 2 is 2.00 bits per heavy atom. The predicted octanol–water partition coefficient (Wildman–Crippen LogP) is 3.84. The average Bonchev–Trinajstić information content (AvgIpc) is 2.90. The number of carbonyl (C=O) groups is 1. The van der Waals surface area contributed by atoms with Gasteiger partial charge in [0.15, 0.2) is 0 Å². The highest BCUT2D eigenvalue weighted by atomic mass is 16.2. The van der Waals surface area contributed by atoms with Crippen LogP contribution in [0.3, 0.4) is 0 Å². The lowest BCUT2D eigenvalue weighted by Crippen LogP contribution is -2.40. The maximum atomic E-state index is 12.9. The Labute approximate surface area is 127 Å².